The molecule has 32 heavy (non-hydrogen) atoms. The molecule has 2 heterocycles. The van der Waals surface area contributed by atoms with E-state index in [0.717, 1.165) is 63.8 Å². The molecule has 1 radical (unpaired) electrons. The molecule has 167 valence electrons. The maximum absolute atomic E-state index is 12.7. The molecular weight excluding hydrogens is 437 g/mol. The van der Waals surface area contributed by atoms with Crippen LogP contribution in [0.4, 0.5) is 10.5 Å². The van der Waals surface area contributed by atoms with Crippen molar-refractivity contribution in [2.45, 2.75) is 62.9 Å². The van der Waals surface area contributed by atoms with Crippen molar-refractivity contribution in [2.24, 2.45) is 0 Å². The van der Waals surface area contributed by atoms with Crippen LogP contribution in [0.2, 0.25) is 0 Å². The van der Waals surface area contributed by atoms with Crippen LogP contribution in [0.5, 0.6) is 0 Å². The average molecular weight is 467 g/mol. The molecule has 0 spiro atoms. The molecule has 1 aromatic carbocycles. The van der Waals surface area contributed by atoms with E-state index < -0.39 is 16.1 Å². The van der Waals surface area contributed by atoms with Crippen LogP contribution in [-0.4, -0.2) is 78.3 Å². The van der Waals surface area contributed by atoms with E-state index in [9.17, 15) is 13.2 Å². The summed E-state index contributed by atoms with van der Waals surface area (Å²) in [7, 11) is -4.03. The number of rotatable bonds is 6. The number of fused-ring (bicyclic) bond motifs is 2. The Kier molecular flexibility index (Phi) is 7.31. The first-order chi connectivity index (χ1) is 15.0. The topological polar surface area (TPSA) is 96.3 Å². The van der Waals surface area contributed by atoms with Crippen LogP contribution in [-0.2, 0) is 42.3 Å². The van der Waals surface area contributed by atoms with E-state index in [4.69, 9.17) is 0 Å². The van der Waals surface area contributed by atoms with Gasteiger partial charge in [-0.3, -0.25) is 4.68 Å². The van der Waals surface area contributed by atoms with Crippen LogP contribution in [0.25, 0.3) is 0 Å². The first-order valence-corrected chi connectivity index (χ1v) is 12.7. The Morgan fingerprint density at radius 2 is 1.62 bits per heavy atom. The number of likely N-dealkylation sites (tertiary alicyclic amines) is 1. The molecular formula is C22H29N5NaO3S. The average Bonchev–Trinajstić information content (AvgIpc) is 3.52. The zero-order valence-electron chi connectivity index (χ0n) is 18.7. The first-order valence-electron chi connectivity index (χ1n) is 11.3. The Morgan fingerprint density at radius 1 is 0.969 bits per heavy atom. The molecule has 0 bridgehead atoms. The minimum atomic E-state index is -4.03. The fourth-order valence-electron chi connectivity index (χ4n) is 5.14. The number of nitrogens with one attached hydrogen (secondary N) is 2. The van der Waals surface area contributed by atoms with Gasteiger partial charge in [0.25, 0.3) is 10.0 Å². The van der Waals surface area contributed by atoms with E-state index in [1.807, 2.05) is 0 Å². The molecule has 10 heteroatoms. The first kappa shape index (κ1) is 23.8. The van der Waals surface area contributed by atoms with Crippen molar-refractivity contribution < 1.29 is 13.2 Å². The van der Waals surface area contributed by atoms with E-state index in [1.54, 1.807) is 10.9 Å². The molecule has 1 saturated heterocycles. The molecule has 1 fully saturated rings. The van der Waals surface area contributed by atoms with Crippen LogP contribution in [0.1, 0.15) is 47.9 Å². The third kappa shape index (κ3) is 4.92. The van der Waals surface area contributed by atoms with Gasteiger partial charge in [0.2, 0.25) is 0 Å². The molecule has 2 amide bonds. The quantitative estimate of drug-likeness (QED) is 0.636. The Bertz CT molecular complexity index is 1080. The van der Waals surface area contributed by atoms with E-state index in [0.29, 0.717) is 6.54 Å². The molecule has 5 rings (SSSR count). The van der Waals surface area contributed by atoms with E-state index in [-0.39, 0.29) is 34.6 Å². The van der Waals surface area contributed by atoms with Crippen LogP contribution < -0.4 is 10.0 Å². The number of amides is 2. The zero-order valence-corrected chi connectivity index (χ0v) is 21.5. The molecule has 0 saturated carbocycles. The number of aromatic nitrogens is 2. The summed E-state index contributed by atoms with van der Waals surface area (Å²) in [4.78, 5) is 15.0. The molecule has 1 aliphatic heterocycles. The van der Waals surface area contributed by atoms with Crippen molar-refractivity contribution in [3.8, 4) is 0 Å². The number of carbonyl (C=O) groups is 1. The molecule has 3 aliphatic rings. The number of sulfonamides is 1. The largest absolute Gasteiger partial charge is 0.333 e. The fraction of sp³-hybridized carbons (Fsp3) is 0.545. The van der Waals surface area contributed by atoms with Crippen LogP contribution in [0, 0.1) is 0 Å². The summed E-state index contributed by atoms with van der Waals surface area (Å²) < 4.78 is 29.2. The summed E-state index contributed by atoms with van der Waals surface area (Å²) in [6.45, 7) is 3.64. The standard InChI is InChI=1S/C22H29N5O3S.Na/c28-22(23-21-18-7-3-5-16(18)15-17-6-4-8-19(17)21)25-31(29,30)20-9-12-27(24-20)14-13-26-10-1-2-11-26;/h9,12,15H,1-8,10-11,13-14H2,(H2,23,25,28);. The Hall–Kier alpha value is -1.39. The van der Waals surface area contributed by atoms with Gasteiger partial charge < -0.3 is 10.2 Å². The summed E-state index contributed by atoms with van der Waals surface area (Å²) in [6.07, 6.45) is 10.1. The fourth-order valence-corrected chi connectivity index (χ4v) is 5.99. The monoisotopic (exact) mass is 466 g/mol. The smallest absolute Gasteiger partial charge is 0.307 e. The van der Waals surface area contributed by atoms with Gasteiger partial charge in [-0.2, -0.15) is 13.5 Å². The Labute approximate surface area is 211 Å². The van der Waals surface area contributed by atoms with E-state index in [2.05, 4.69) is 26.1 Å². The van der Waals surface area contributed by atoms with Crippen molar-refractivity contribution >= 4 is 51.3 Å². The Morgan fingerprint density at radius 3 is 2.28 bits per heavy atom. The van der Waals surface area contributed by atoms with Gasteiger partial charge in [-0.25, -0.2) is 9.52 Å². The number of hydrogen-bond donors (Lipinski definition) is 2. The van der Waals surface area contributed by atoms with Crippen LogP contribution >= 0.6 is 0 Å². The molecule has 8 nitrogen and oxygen atoms in total. The molecule has 0 atom stereocenters. The minimum absolute atomic E-state index is 0. The maximum atomic E-state index is 12.7. The maximum Gasteiger partial charge on any atom is 0.333 e. The van der Waals surface area contributed by atoms with Crippen molar-refractivity contribution in [3.63, 3.8) is 0 Å². The normalized spacial score (nSPS) is 17.6. The van der Waals surface area contributed by atoms with Gasteiger partial charge in [0, 0.05) is 48.0 Å². The number of carbonyl (C=O) groups excluding carboxylic acids is 1. The van der Waals surface area contributed by atoms with E-state index >= 15 is 0 Å². The molecule has 2 aliphatic carbocycles. The summed E-state index contributed by atoms with van der Waals surface area (Å²) in [5.41, 5.74) is 5.73. The second-order valence-electron chi connectivity index (χ2n) is 8.76. The van der Waals surface area contributed by atoms with Gasteiger partial charge in [-0.05, 0) is 92.8 Å². The summed E-state index contributed by atoms with van der Waals surface area (Å²) in [5.74, 6) is 0. The minimum Gasteiger partial charge on any atom is -0.307 e. The number of aryl methyl sites for hydroxylation is 2. The van der Waals surface area contributed by atoms with Gasteiger partial charge in [-0.1, -0.05) is 6.07 Å². The number of anilines is 1. The van der Waals surface area contributed by atoms with E-state index in [1.165, 1.54) is 41.2 Å². The third-order valence-corrected chi connectivity index (χ3v) is 7.90. The van der Waals surface area contributed by atoms with Gasteiger partial charge in [0.15, 0.2) is 5.03 Å². The van der Waals surface area contributed by atoms with Crippen molar-refractivity contribution in [1.29, 1.82) is 0 Å². The number of hydrogen-bond acceptors (Lipinski definition) is 5. The van der Waals surface area contributed by atoms with Crippen LogP contribution in [0.15, 0.2) is 23.4 Å². The SMILES string of the molecule is O=C(Nc1c2c(cc3c1CCC3)CCC2)NS(=O)(=O)c1ccn(CCN2CCCC2)n1.[Na]. The number of nitrogens with zero attached hydrogens (tertiary/aromatic N) is 3. The van der Waals surface area contributed by atoms with Crippen molar-refractivity contribution in [3.05, 3.63) is 40.6 Å². The second kappa shape index (κ2) is 9.85. The number of urea groups is 1. The number of benzene rings is 1. The summed E-state index contributed by atoms with van der Waals surface area (Å²) >= 11 is 0. The molecule has 0 unspecified atom stereocenters. The summed E-state index contributed by atoms with van der Waals surface area (Å²) in [6, 6.07) is 3.00. The van der Waals surface area contributed by atoms with Gasteiger partial charge in [0.1, 0.15) is 0 Å². The van der Waals surface area contributed by atoms with Crippen LogP contribution in [0.3, 0.4) is 0 Å². The molecule has 2 N–H and O–H groups in total. The second-order valence-corrected chi connectivity index (χ2v) is 10.4. The van der Waals surface area contributed by atoms with Gasteiger partial charge in [0.05, 0.1) is 6.54 Å². The molecule has 1 aromatic heterocycles. The zero-order chi connectivity index (χ0) is 21.4. The predicted octanol–water partition coefficient (Wildman–Crippen LogP) is 2.09. The van der Waals surface area contributed by atoms with Crippen molar-refractivity contribution in [2.75, 3.05) is 25.0 Å². The van der Waals surface area contributed by atoms with Gasteiger partial charge in [-0.15, -0.1) is 0 Å². The predicted molar refractivity (Wildman–Crippen MR) is 123 cm³/mol. The third-order valence-electron chi connectivity index (χ3n) is 6.67. The Balaban J connectivity index is 0.00000245. The summed E-state index contributed by atoms with van der Waals surface area (Å²) in [5, 5.41) is 6.91. The molecule has 2 aromatic rings. The van der Waals surface area contributed by atoms with Gasteiger partial charge >= 0.3 is 6.03 Å². The van der Waals surface area contributed by atoms with Crippen molar-refractivity contribution in [1.82, 2.24) is 19.4 Å².